The lowest BCUT2D eigenvalue weighted by atomic mass is 9.89. The van der Waals surface area contributed by atoms with Crippen molar-refractivity contribution in [2.75, 3.05) is 26.2 Å². The summed E-state index contributed by atoms with van der Waals surface area (Å²) in [5, 5.41) is 0. The van der Waals surface area contributed by atoms with E-state index in [-0.39, 0.29) is 36.2 Å². The molecule has 1 aromatic carbocycles. The van der Waals surface area contributed by atoms with Crippen molar-refractivity contribution in [3.05, 3.63) is 34.9 Å². The van der Waals surface area contributed by atoms with Gasteiger partial charge in [0.25, 0.3) is 5.91 Å². The molecule has 6 heteroatoms. The molecule has 0 aromatic heterocycles. The number of aryl methyl sites for hydroxylation is 2. The molecule has 2 amide bonds. The minimum atomic E-state index is -0.0690. The van der Waals surface area contributed by atoms with Crippen molar-refractivity contribution >= 4 is 24.2 Å². The molecule has 0 spiro atoms. The van der Waals surface area contributed by atoms with E-state index < -0.39 is 0 Å². The lowest BCUT2D eigenvalue weighted by molar-refractivity contribution is -0.138. The van der Waals surface area contributed by atoms with Gasteiger partial charge in [-0.2, -0.15) is 0 Å². The molecule has 2 aliphatic heterocycles. The molecule has 1 aromatic rings. The van der Waals surface area contributed by atoms with Crippen molar-refractivity contribution in [1.82, 2.24) is 9.80 Å². The van der Waals surface area contributed by atoms with Crippen molar-refractivity contribution < 1.29 is 9.59 Å². The van der Waals surface area contributed by atoms with Crippen molar-refractivity contribution in [1.29, 1.82) is 0 Å². The van der Waals surface area contributed by atoms with Gasteiger partial charge in [-0.1, -0.05) is 17.2 Å². The van der Waals surface area contributed by atoms with Crippen LogP contribution in [0.2, 0.25) is 0 Å². The van der Waals surface area contributed by atoms with E-state index in [1.165, 1.54) is 0 Å². The Balaban J connectivity index is 0.00000280. The van der Waals surface area contributed by atoms with Crippen LogP contribution in [-0.4, -0.2) is 53.8 Å². The number of hydrogen-bond acceptors (Lipinski definition) is 3. The van der Waals surface area contributed by atoms with Crippen molar-refractivity contribution in [2.24, 2.45) is 17.6 Å². The van der Waals surface area contributed by atoms with Crippen molar-refractivity contribution in [3.8, 4) is 0 Å². The van der Waals surface area contributed by atoms with Gasteiger partial charge in [0, 0.05) is 37.8 Å². The van der Waals surface area contributed by atoms with Gasteiger partial charge in [0.2, 0.25) is 5.91 Å². The van der Waals surface area contributed by atoms with Crippen LogP contribution < -0.4 is 5.73 Å². The maximum absolute atomic E-state index is 13.0. The van der Waals surface area contributed by atoms with E-state index in [2.05, 4.69) is 13.0 Å². The number of hydrogen-bond donors (Lipinski definition) is 1. The quantitative estimate of drug-likeness (QED) is 0.836. The van der Waals surface area contributed by atoms with Crippen LogP contribution in [0.4, 0.5) is 0 Å². The van der Waals surface area contributed by atoms with E-state index in [9.17, 15) is 9.59 Å². The summed E-state index contributed by atoms with van der Waals surface area (Å²) in [4.78, 5) is 29.8. The molecule has 2 N–H and O–H groups in total. The number of piperidine rings is 2. The predicted octanol–water partition coefficient (Wildman–Crippen LogP) is 3.16. The molecule has 0 radical (unpaired) electrons. The van der Waals surface area contributed by atoms with Gasteiger partial charge in [0.1, 0.15) is 0 Å². The fraction of sp³-hybridized carbons (Fsp3) is 0.636. The van der Waals surface area contributed by atoms with Gasteiger partial charge in [-0.15, -0.1) is 12.4 Å². The summed E-state index contributed by atoms with van der Waals surface area (Å²) in [6.45, 7) is 8.95. The molecule has 2 fully saturated rings. The third-order valence-corrected chi connectivity index (χ3v) is 6.12. The normalized spacial score (nSPS) is 21.8. The largest absolute Gasteiger partial charge is 0.342 e. The highest BCUT2D eigenvalue weighted by Crippen LogP contribution is 2.25. The van der Waals surface area contributed by atoms with Crippen LogP contribution in [0.15, 0.2) is 18.2 Å². The van der Waals surface area contributed by atoms with Gasteiger partial charge in [-0.3, -0.25) is 9.59 Å². The first-order valence-corrected chi connectivity index (χ1v) is 10.3. The van der Waals surface area contributed by atoms with Gasteiger partial charge in [-0.05, 0) is 64.5 Å². The maximum atomic E-state index is 13.0. The molecule has 0 aliphatic carbocycles. The second-order valence-corrected chi connectivity index (χ2v) is 8.49. The molecule has 28 heavy (non-hydrogen) atoms. The number of nitrogens with two attached hydrogens (primary N) is 1. The number of likely N-dealkylation sites (tertiary alicyclic amines) is 2. The summed E-state index contributed by atoms with van der Waals surface area (Å²) in [6.07, 6.45) is 3.74. The first kappa shape index (κ1) is 22.7. The van der Waals surface area contributed by atoms with Gasteiger partial charge in [0.15, 0.2) is 0 Å². The monoisotopic (exact) mass is 407 g/mol. The van der Waals surface area contributed by atoms with Crippen LogP contribution in [0, 0.1) is 25.7 Å². The molecule has 2 atom stereocenters. The molecule has 0 bridgehead atoms. The molecule has 3 rings (SSSR count). The molecule has 5 nitrogen and oxygen atoms in total. The van der Waals surface area contributed by atoms with Crippen LogP contribution in [0.5, 0.6) is 0 Å². The third-order valence-electron chi connectivity index (χ3n) is 6.12. The first-order valence-electron chi connectivity index (χ1n) is 10.3. The topological polar surface area (TPSA) is 66.6 Å². The fourth-order valence-electron chi connectivity index (χ4n) is 4.55. The number of carbonyl (C=O) groups is 2. The standard InChI is InChI=1S/C22H33N3O2.ClH/c1-15-11-16(2)13-20(12-15)22(27)25-8-4-5-19(14-25)21(26)24-9-6-18(7-10-24)17(3)23;/h11-13,17-19H,4-10,14,23H2,1-3H3;1H. The van der Waals surface area contributed by atoms with Crippen LogP contribution in [0.1, 0.15) is 54.1 Å². The van der Waals surface area contributed by atoms with Gasteiger partial charge < -0.3 is 15.5 Å². The summed E-state index contributed by atoms with van der Waals surface area (Å²) >= 11 is 0. The van der Waals surface area contributed by atoms with Gasteiger partial charge >= 0.3 is 0 Å². The predicted molar refractivity (Wildman–Crippen MR) is 115 cm³/mol. The second kappa shape index (κ2) is 9.75. The highest BCUT2D eigenvalue weighted by Gasteiger charge is 2.33. The Morgan fingerprint density at radius 3 is 2.18 bits per heavy atom. The van der Waals surface area contributed by atoms with E-state index in [1.807, 2.05) is 35.8 Å². The minimum absolute atomic E-state index is 0. The van der Waals surface area contributed by atoms with E-state index in [1.54, 1.807) is 0 Å². The Morgan fingerprint density at radius 1 is 1.00 bits per heavy atom. The van der Waals surface area contributed by atoms with E-state index in [0.717, 1.165) is 62.0 Å². The Bertz CT molecular complexity index is 679. The Kier molecular flexibility index (Phi) is 7.90. The average molecular weight is 408 g/mol. The van der Waals surface area contributed by atoms with Crippen molar-refractivity contribution in [3.63, 3.8) is 0 Å². The lowest BCUT2D eigenvalue weighted by Crippen LogP contribution is -2.49. The molecular weight excluding hydrogens is 374 g/mol. The van der Waals surface area contributed by atoms with E-state index >= 15 is 0 Å². The highest BCUT2D eigenvalue weighted by molar-refractivity contribution is 5.95. The minimum Gasteiger partial charge on any atom is -0.342 e. The van der Waals surface area contributed by atoms with E-state index in [0.29, 0.717) is 12.5 Å². The summed E-state index contributed by atoms with van der Waals surface area (Å²) in [5.41, 5.74) is 8.94. The van der Waals surface area contributed by atoms with Crippen molar-refractivity contribution in [2.45, 2.75) is 52.5 Å². The van der Waals surface area contributed by atoms with E-state index in [4.69, 9.17) is 5.73 Å². The number of amides is 2. The number of halogens is 1. The van der Waals surface area contributed by atoms with Crippen LogP contribution >= 0.6 is 12.4 Å². The lowest BCUT2D eigenvalue weighted by Gasteiger charge is -2.38. The summed E-state index contributed by atoms with van der Waals surface area (Å²) in [6, 6.07) is 6.16. The number of rotatable bonds is 3. The fourth-order valence-corrected chi connectivity index (χ4v) is 4.55. The Labute approximate surface area is 175 Å². The zero-order valence-electron chi connectivity index (χ0n) is 17.3. The van der Waals surface area contributed by atoms with Gasteiger partial charge in [0.05, 0.1) is 5.92 Å². The second-order valence-electron chi connectivity index (χ2n) is 8.49. The molecule has 2 saturated heterocycles. The van der Waals surface area contributed by atoms with Gasteiger partial charge in [-0.25, -0.2) is 0 Å². The SMILES string of the molecule is Cc1cc(C)cc(C(=O)N2CCCC(C(=O)N3CCC(C(C)N)CC3)C2)c1.Cl. The van der Waals surface area contributed by atoms with Crippen LogP contribution in [-0.2, 0) is 4.79 Å². The number of benzene rings is 1. The Hall–Kier alpha value is -1.59. The highest BCUT2D eigenvalue weighted by atomic mass is 35.5. The molecule has 2 aliphatic rings. The summed E-state index contributed by atoms with van der Waals surface area (Å²) < 4.78 is 0. The third kappa shape index (κ3) is 5.26. The molecular formula is C22H34ClN3O2. The smallest absolute Gasteiger partial charge is 0.253 e. The van der Waals surface area contributed by atoms with Crippen LogP contribution in [0.25, 0.3) is 0 Å². The molecule has 2 heterocycles. The summed E-state index contributed by atoms with van der Waals surface area (Å²) in [7, 11) is 0. The Morgan fingerprint density at radius 2 is 1.61 bits per heavy atom. The maximum Gasteiger partial charge on any atom is 0.253 e. The number of carbonyl (C=O) groups excluding carboxylic acids is 2. The molecule has 0 saturated carbocycles. The molecule has 2 unspecified atom stereocenters. The zero-order valence-corrected chi connectivity index (χ0v) is 18.1. The van der Waals surface area contributed by atoms with Crippen LogP contribution in [0.3, 0.4) is 0 Å². The zero-order chi connectivity index (χ0) is 19.6. The molecule has 156 valence electrons. The summed E-state index contributed by atoms with van der Waals surface area (Å²) in [5.74, 6) is 0.717. The number of nitrogens with zero attached hydrogens (tertiary/aromatic N) is 2. The first-order chi connectivity index (χ1) is 12.8. The average Bonchev–Trinajstić information content (AvgIpc) is 2.66.